The van der Waals surface area contributed by atoms with Crippen molar-refractivity contribution in [3.8, 4) is 11.5 Å². The van der Waals surface area contributed by atoms with Crippen LogP contribution in [0.5, 0.6) is 11.5 Å². The zero-order valence-electron chi connectivity index (χ0n) is 14.1. The van der Waals surface area contributed by atoms with Crippen LogP contribution in [0.2, 0.25) is 0 Å². The van der Waals surface area contributed by atoms with E-state index in [2.05, 4.69) is 29.4 Å². The summed E-state index contributed by atoms with van der Waals surface area (Å²) in [5.74, 6) is 2.53. The average Bonchev–Trinajstić information content (AvgIpc) is 3.00. The molecule has 0 aliphatic carbocycles. The van der Waals surface area contributed by atoms with Gasteiger partial charge in [0.25, 0.3) is 5.91 Å². The number of nitrogens with zero attached hydrogens (tertiary/aromatic N) is 2. The van der Waals surface area contributed by atoms with E-state index in [1.165, 1.54) is 11.3 Å². The third-order valence-electron chi connectivity index (χ3n) is 2.90. The standard InChI is InChI=1S/C16H21N3O3S2/c1-10(2)9-23-16-19-18-15(24-16)17-14(20)11(3)22-13-7-5-6-12(8-13)21-4/h5-8,10-11H,9H2,1-4H3,(H,17,18,20)/t11-/m1/s1. The molecule has 0 fully saturated rings. The van der Waals surface area contributed by atoms with Crippen molar-refractivity contribution in [3.05, 3.63) is 24.3 Å². The number of hydrogen-bond acceptors (Lipinski definition) is 7. The number of rotatable bonds is 8. The number of amides is 1. The number of methoxy groups -OCH3 is 1. The van der Waals surface area contributed by atoms with E-state index in [1.54, 1.807) is 37.9 Å². The fourth-order valence-corrected chi connectivity index (χ4v) is 3.43. The zero-order chi connectivity index (χ0) is 17.5. The van der Waals surface area contributed by atoms with Gasteiger partial charge in [0, 0.05) is 11.8 Å². The summed E-state index contributed by atoms with van der Waals surface area (Å²) in [7, 11) is 1.58. The van der Waals surface area contributed by atoms with E-state index >= 15 is 0 Å². The Morgan fingerprint density at radius 1 is 1.29 bits per heavy atom. The van der Waals surface area contributed by atoms with Crippen molar-refractivity contribution >= 4 is 34.1 Å². The second-order valence-corrected chi connectivity index (χ2v) is 7.75. The molecule has 0 radical (unpaired) electrons. The Morgan fingerprint density at radius 3 is 2.75 bits per heavy atom. The summed E-state index contributed by atoms with van der Waals surface area (Å²) in [6, 6.07) is 7.13. The lowest BCUT2D eigenvalue weighted by Gasteiger charge is -2.14. The van der Waals surface area contributed by atoms with E-state index in [1.807, 2.05) is 12.1 Å². The van der Waals surface area contributed by atoms with Gasteiger partial charge in [0.2, 0.25) is 5.13 Å². The van der Waals surface area contributed by atoms with Gasteiger partial charge in [-0.15, -0.1) is 10.2 Å². The number of carbonyl (C=O) groups excluding carboxylic acids is 1. The van der Waals surface area contributed by atoms with Gasteiger partial charge in [-0.3, -0.25) is 10.1 Å². The first-order valence-corrected chi connectivity index (χ1v) is 9.36. The number of anilines is 1. The maximum atomic E-state index is 12.2. The first kappa shape index (κ1) is 18.5. The highest BCUT2D eigenvalue weighted by Crippen LogP contribution is 2.27. The molecule has 0 bridgehead atoms. The lowest BCUT2D eigenvalue weighted by Crippen LogP contribution is -2.30. The fraction of sp³-hybridized carbons (Fsp3) is 0.438. The Labute approximate surface area is 150 Å². The topological polar surface area (TPSA) is 73.3 Å². The summed E-state index contributed by atoms with van der Waals surface area (Å²) in [4.78, 5) is 12.2. The third kappa shape index (κ3) is 5.68. The van der Waals surface area contributed by atoms with Crippen molar-refractivity contribution < 1.29 is 14.3 Å². The SMILES string of the molecule is COc1cccc(O[C@H](C)C(=O)Nc2nnc(SCC(C)C)s2)c1. The summed E-state index contributed by atoms with van der Waals surface area (Å²) < 4.78 is 11.6. The van der Waals surface area contributed by atoms with E-state index in [0.29, 0.717) is 22.5 Å². The molecular weight excluding hydrogens is 346 g/mol. The van der Waals surface area contributed by atoms with Gasteiger partial charge in [-0.1, -0.05) is 43.0 Å². The summed E-state index contributed by atoms with van der Waals surface area (Å²) in [5.41, 5.74) is 0. The molecule has 24 heavy (non-hydrogen) atoms. The minimum Gasteiger partial charge on any atom is -0.497 e. The van der Waals surface area contributed by atoms with Crippen molar-refractivity contribution in [3.63, 3.8) is 0 Å². The third-order valence-corrected chi connectivity index (χ3v) is 5.30. The molecule has 8 heteroatoms. The molecule has 0 saturated carbocycles. The molecule has 2 rings (SSSR count). The maximum absolute atomic E-state index is 12.2. The number of hydrogen-bond donors (Lipinski definition) is 1. The molecule has 0 unspecified atom stereocenters. The van der Waals surface area contributed by atoms with E-state index in [-0.39, 0.29) is 5.91 Å². The van der Waals surface area contributed by atoms with Gasteiger partial charge >= 0.3 is 0 Å². The van der Waals surface area contributed by atoms with Gasteiger partial charge in [-0.2, -0.15) is 0 Å². The maximum Gasteiger partial charge on any atom is 0.266 e. The number of carbonyl (C=O) groups is 1. The van der Waals surface area contributed by atoms with Crippen molar-refractivity contribution in [1.29, 1.82) is 0 Å². The van der Waals surface area contributed by atoms with Crippen LogP contribution in [0.15, 0.2) is 28.6 Å². The first-order valence-electron chi connectivity index (χ1n) is 7.55. The minimum atomic E-state index is -0.659. The summed E-state index contributed by atoms with van der Waals surface area (Å²) in [6.45, 7) is 5.98. The molecule has 130 valence electrons. The molecule has 1 N–H and O–H groups in total. The largest absolute Gasteiger partial charge is 0.497 e. The Bertz CT molecular complexity index is 676. The molecular formula is C16H21N3O3S2. The molecule has 0 spiro atoms. The Morgan fingerprint density at radius 2 is 2.04 bits per heavy atom. The Hall–Kier alpha value is -1.80. The van der Waals surface area contributed by atoms with E-state index in [4.69, 9.17) is 9.47 Å². The minimum absolute atomic E-state index is 0.269. The Kier molecular flexibility index (Phi) is 6.86. The van der Waals surface area contributed by atoms with Crippen molar-refractivity contribution in [2.45, 2.75) is 31.2 Å². The second-order valence-electron chi connectivity index (χ2n) is 5.51. The number of thioether (sulfide) groups is 1. The van der Waals surface area contributed by atoms with Gasteiger partial charge in [0.15, 0.2) is 10.4 Å². The summed E-state index contributed by atoms with van der Waals surface area (Å²) >= 11 is 3.01. The van der Waals surface area contributed by atoms with Gasteiger partial charge in [-0.25, -0.2) is 0 Å². The van der Waals surface area contributed by atoms with Crippen LogP contribution in [0, 0.1) is 5.92 Å². The number of nitrogens with one attached hydrogen (secondary N) is 1. The zero-order valence-corrected chi connectivity index (χ0v) is 15.7. The molecule has 1 aromatic heterocycles. The summed E-state index contributed by atoms with van der Waals surface area (Å²) in [5, 5.41) is 11.3. The summed E-state index contributed by atoms with van der Waals surface area (Å²) in [6.07, 6.45) is -0.659. The van der Waals surface area contributed by atoms with Gasteiger partial charge in [-0.05, 0) is 25.0 Å². The molecule has 0 aliphatic heterocycles. The normalized spacial score (nSPS) is 12.0. The monoisotopic (exact) mass is 367 g/mol. The van der Waals surface area contributed by atoms with Crippen LogP contribution in [0.3, 0.4) is 0 Å². The smallest absolute Gasteiger partial charge is 0.266 e. The lowest BCUT2D eigenvalue weighted by atomic mass is 10.3. The Balaban J connectivity index is 1.89. The molecule has 1 aromatic carbocycles. The van der Waals surface area contributed by atoms with Crippen LogP contribution in [0.4, 0.5) is 5.13 Å². The lowest BCUT2D eigenvalue weighted by molar-refractivity contribution is -0.122. The quantitative estimate of drug-likeness (QED) is 0.566. The fourth-order valence-electron chi connectivity index (χ4n) is 1.70. The molecule has 2 aromatic rings. The molecule has 0 aliphatic rings. The van der Waals surface area contributed by atoms with E-state index in [0.717, 1.165) is 10.1 Å². The van der Waals surface area contributed by atoms with E-state index < -0.39 is 6.10 Å². The van der Waals surface area contributed by atoms with Crippen molar-refractivity contribution in [2.24, 2.45) is 5.92 Å². The second kappa shape index (κ2) is 8.89. The highest BCUT2D eigenvalue weighted by molar-refractivity contribution is 8.01. The van der Waals surface area contributed by atoms with Crippen LogP contribution >= 0.6 is 23.1 Å². The van der Waals surface area contributed by atoms with Crippen LogP contribution in [0.25, 0.3) is 0 Å². The van der Waals surface area contributed by atoms with E-state index in [9.17, 15) is 4.79 Å². The number of ether oxygens (including phenoxy) is 2. The first-order chi connectivity index (χ1) is 11.5. The van der Waals surface area contributed by atoms with Crippen LogP contribution in [-0.2, 0) is 4.79 Å². The highest BCUT2D eigenvalue weighted by Gasteiger charge is 2.17. The number of aromatic nitrogens is 2. The van der Waals surface area contributed by atoms with Gasteiger partial charge in [0.1, 0.15) is 11.5 Å². The molecule has 0 saturated heterocycles. The molecule has 1 amide bonds. The highest BCUT2D eigenvalue weighted by atomic mass is 32.2. The van der Waals surface area contributed by atoms with Gasteiger partial charge < -0.3 is 9.47 Å². The molecule has 6 nitrogen and oxygen atoms in total. The average molecular weight is 367 g/mol. The van der Waals surface area contributed by atoms with Crippen molar-refractivity contribution in [1.82, 2.24) is 10.2 Å². The predicted octanol–water partition coefficient (Wildman–Crippen LogP) is 3.70. The van der Waals surface area contributed by atoms with Gasteiger partial charge in [0.05, 0.1) is 7.11 Å². The van der Waals surface area contributed by atoms with Crippen LogP contribution in [0.1, 0.15) is 20.8 Å². The van der Waals surface area contributed by atoms with Crippen molar-refractivity contribution in [2.75, 3.05) is 18.2 Å². The van der Waals surface area contributed by atoms with Crippen LogP contribution < -0.4 is 14.8 Å². The predicted molar refractivity (Wildman–Crippen MR) is 97.2 cm³/mol. The van der Waals surface area contributed by atoms with Crippen LogP contribution in [-0.4, -0.2) is 35.1 Å². The molecule has 1 heterocycles. The number of benzene rings is 1. The molecule has 1 atom stereocenters.